The molecule has 3 aromatic rings. The zero-order valence-electron chi connectivity index (χ0n) is 20.9. The van der Waals surface area contributed by atoms with Gasteiger partial charge in [0.1, 0.15) is 12.1 Å². The number of hydrogen-bond donors (Lipinski definition) is 0. The van der Waals surface area contributed by atoms with E-state index in [1.807, 2.05) is 36.4 Å². The number of aryl methyl sites for hydroxylation is 1. The van der Waals surface area contributed by atoms with Crippen molar-refractivity contribution in [3.8, 4) is 0 Å². The summed E-state index contributed by atoms with van der Waals surface area (Å²) in [5.41, 5.74) is 3.17. The summed E-state index contributed by atoms with van der Waals surface area (Å²) in [7, 11) is -4.27. The first-order valence-corrected chi connectivity index (χ1v) is 15.7. The number of allylic oxidation sites excluding steroid dienone is 2. The minimum Gasteiger partial charge on any atom is -0.748 e. The van der Waals surface area contributed by atoms with Gasteiger partial charge in [-0.2, -0.15) is 40.7 Å². The second-order valence-electron chi connectivity index (χ2n) is 8.12. The van der Waals surface area contributed by atoms with Crippen LogP contribution in [-0.2, 0) is 63.1 Å². The number of fused-ring (bicyclic) bond motifs is 2. The molecule has 208 valence electrons. The summed E-state index contributed by atoms with van der Waals surface area (Å²) in [4.78, 5) is 3.39. The van der Waals surface area contributed by atoms with Crippen LogP contribution in [0.25, 0.3) is 16.3 Å². The molecule has 1 aliphatic heterocycles. The molecule has 0 N–H and O–H groups in total. The number of nitrogens with zero attached hydrogens (tertiary/aromatic N) is 2. The molecule has 0 fully saturated rings. The van der Waals surface area contributed by atoms with Crippen LogP contribution in [0.4, 0.5) is 5.69 Å². The minimum absolute atomic E-state index is 0. The Labute approximate surface area is 265 Å². The molecule has 0 saturated carbocycles. The molecule has 1 aromatic heterocycles. The third-order valence-corrected chi connectivity index (χ3v) is 9.26. The van der Waals surface area contributed by atoms with Crippen LogP contribution in [0.2, 0.25) is 0 Å². The van der Waals surface area contributed by atoms with Gasteiger partial charge in [-0.25, -0.2) is 13.0 Å². The Kier molecular flexibility index (Phi) is 14.7. The van der Waals surface area contributed by atoms with Gasteiger partial charge >= 0.3 is 0 Å². The SMILES string of the molecule is CCC(=Cc1sc2cc[c-]cc2[n+]1CCCS(=O)(=O)[O-])C=C1Sc2cc[c-]cc2N1CCCSOO[O-].[V].[V]. The van der Waals surface area contributed by atoms with Gasteiger partial charge in [0.15, 0.2) is 0 Å². The van der Waals surface area contributed by atoms with Gasteiger partial charge in [-0.1, -0.05) is 40.6 Å². The monoisotopic (exact) mass is 679 g/mol. The second kappa shape index (κ2) is 16.6. The minimum atomic E-state index is -4.27. The quantitative estimate of drug-likeness (QED) is 0.0500. The molecule has 0 saturated heterocycles. The predicted octanol–water partition coefficient (Wildman–Crippen LogP) is 4.23. The molecule has 1 aliphatic rings. The molecule has 2 aromatic carbocycles. The van der Waals surface area contributed by atoms with Crippen LogP contribution in [-0.4, -0.2) is 31.0 Å². The summed E-state index contributed by atoms with van der Waals surface area (Å²) in [5, 5.41) is 15.5. The van der Waals surface area contributed by atoms with Crippen molar-refractivity contribution in [2.75, 3.05) is 23.0 Å². The molecule has 0 aliphatic carbocycles. The third kappa shape index (κ3) is 9.66. The topological polar surface area (TPSA) is 106 Å². The maximum absolute atomic E-state index is 11.2. The zero-order chi connectivity index (χ0) is 26.3. The summed E-state index contributed by atoms with van der Waals surface area (Å²) >= 11 is 4.30. The smallest absolute Gasteiger partial charge is 0.249 e. The van der Waals surface area contributed by atoms with Crippen molar-refractivity contribution in [3.63, 3.8) is 0 Å². The predicted molar refractivity (Wildman–Crippen MR) is 144 cm³/mol. The first kappa shape index (κ1) is 34.5. The average Bonchev–Trinajstić information content (AvgIpc) is 3.40. The Morgan fingerprint density at radius 2 is 1.97 bits per heavy atom. The molecule has 39 heavy (non-hydrogen) atoms. The average molecular weight is 680 g/mol. The molecular weight excluding hydrogens is 654 g/mol. The van der Waals surface area contributed by atoms with Crippen LogP contribution >= 0.6 is 35.1 Å². The molecule has 2 heterocycles. The number of rotatable bonds is 13. The Hall–Kier alpha value is -0.731. The summed E-state index contributed by atoms with van der Waals surface area (Å²) in [6.45, 7) is 3.26. The maximum Gasteiger partial charge on any atom is 0.249 e. The molecule has 0 spiro atoms. The van der Waals surface area contributed by atoms with Gasteiger partial charge in [-0.05, 0) is 29.2 Å². The zero-order valence-corrected chi connectivity index (χ0v) is 27.0. The first-order valence-electron chi connectivity index (χ1n) is 11.6. The standard InChI is InChI=1S/C25H27N2O6S4.2V/c1-2-19(17-24-26(13-7-15-34-33-32-28)20-9-3-5-11-22(20)35-24)18-25-27(14-8-16-37(29,30)31)21-10-4-6-12-23(21)36-25;;/h5-6,9-12,17-18,28H,2,7-8,13-16H2,1H3,(H,29,30,31);;/q-1;;/p-2. The van der Waals surface area contributed by atoms with Gasteiger partial charge < -0.3 is 14.7 Å². The Balaban J connectivity index is 0.00000267. The summed E-state index contributed by atoms with van der Waals surface area (Å²) < 4.78 is 41.0. The van der Waals surface area contributed by atoms with E-state index in [1.165, 1.54) is 0 Å². The van der Waals surface area contributed by atoms with Gasteiger partial charge in [-0.3, -0.25) is 5.04 Å². The van der Waals surface area contributed by atoms with Crippen LogP contribution in [0.3, 0.4) is 0 Å². The molecule has 0 unspecified atom stereocenters. The third-order valence-electron chi connectivity index (χ3n) is 5.64. The molecule has 8 nitrogen and oxygen atoms in total. The van der Waals surface area contributed by atoms with Crippen molar-refractivity contribution in [2.24, 2.45) is 0 Å². The van der Waals surface area contributed by atoms with E-state index in [1.54, 1.807) is 23.1 Å². The van der Waals surface area contributed by atoms with Crippen LogP contribution in [0, 0.1) is 12.1 Å². The van der Waals surface area contributed by atoms with E-state index < -0.39 is 15.9 Å². The molecule has 4 rings (SSSR count). The van der Waals surface area contributed by atoms with E-state index in [9.17, 15) is 18.2 Å². The molecule has 2 radical (unpaired) electrons. The van der Waals surface area contributed by atoms with E-state index >= 15 is 0 Å². The fraction of sp³-hybridized carbons (Fsp3) is 0.320. The largest absolute Gasteiger partial charge is 0.748 e. The summed E-state index contributed by atoms with van der Waals surface area (Å²) in [5.74, 6) is 0.212. The molecular formula is C25H25N2O6S4V2-3. The van der Waals surface area contributed by atoms with Crippen LogP contribution in [0.5, 0.6) is 0 Å². The van der Waals surface area contributed by atoms with Crippen molar-refractivity contribution in [3.05, 3.63) is 70.2 Å². The van der Waals surface area contributed by atoms with Crippen molar-refractivity contribution in [2.45, 2.75) is 37.6 Å². The summed E-state index contributed by atoms with van der Waals surface area (Å²) in [6.07, 6.45) is 6.13. The normalized spacial score (nSPS) is 14.4. The molecule has 0 atom stereocenters. The number of hydrogen-bond acceptors (Lipinski definition) is 10. The Morgan fingerprint density at radius 1 is 1.21 bits per heavy atom. The van der Waals surface area contributed by atoms with Crippen molar-refractivity contribution in [1.82, 2.24) is 0 Å². The van der Waals surface area contributed by atoms with E-state index in [4.69, 9.17) is 0 Å². The van der Waals surface area contributed by atoms with Gasteiger partial charge in [0.25, 0.3) is 0 Å². The number of anilines is 1. The number of thiazole rings is 1. The first-order chi connectivity index (χ1) is 17.9. The molecule has 14 heteroatoms. The summed E-state index contributed by atoms with van der Waals surface area (Å²) in [6, 6.07) is 17.9. The van der Waals surface area contributed by atoms with Gasteiger partial charge in [0, 0.05) is 79.7 Å². The maximum atomic E-state index is 11.2. The van der Waals surface area contributed by atoms with E-state index in [2.05, 4.69) is 50.0 Å². The van der Waals surface area contributed by atoms with Gasteiger partial charge in [0.2, 0.25) is 5.01 Å². The van der Waals surface area contributed by atoms with Crippen molar-refractivity contribution in [1.29, 1.82) is 0 Å². The van der Waals surface area contributed by atoms with Crippen LogP contribution in [0.1, 0.15) is 31.2 Å². The molecule has 0 bridgehead atoms. The van der Waals surface area contributed by atoms with Gasteiger partial charge in [0.05, 0.1) is 15.1 Å². The Morgan fingerprint density at radius 3 is 2.72 bits per heavy atom. The van der Waals surface area contributed by atoms with E-state index in [0.717, 1.165) is 67.8 Å². The van der Waals surface area contributed by atoms with Crippen LogP contribution in [0.15, 0.2) is 58.0 Å². The van der Waals surface area contributed by atoms with Crippen LogP contribution < -0.4 is 14.7 Å². The second-order valence-corrected chi connectivity index (χ2v) is 12.5. The number of thioether (sulfide) groups is 1. The number of aromatic nitrogens is 1. The Bertz CT molecular complexity index is 1400. The number of benzene rings is 2. The fourth-order valence-electron chi connectivity index (χ4n) is 3.96. The van der Waals surface area contributed by atoms with E-state index in [-0.39, 0.29) is 43.5 Å². The van der Waals surface area contributed by atoms with Crippen molar-refractivity contribution < 1.29 is 69.3 Å². The fourth-order valence-corrected chi connectivity index (χ4v) is 7.08. The van der Waals surface area contributed by atoms with Gasteiger partial charge in [-0.15, -0.1) is 12.1 Å². The molecule has 0 amide bonds. The van der Waals surface area contributed by atoms with E-state index in [0.29, 0.717) is 12.3 Å². The van der Waals surface area contributed by atoms with Crippen molar-refractivity contribution >= 4 is 67.2 Å².